The number of rotatable bonds is 2. The fourth-order valence-electron chi connectivity index (χ4n) is 2.81. The topological polar surface area (TPSA) is 54.2 Å². The van der Waals surface area contributed by atoms with Crippen molar-refractivity contribution in [3.63, 3.8) is 0 Å². The van der Waals surface area contributed by atoms with Gasteiger partial charge in [-0.25, -0.2) is 0 Å². The van der Waals surface area contributed by atoms with Gasteiger partial charge in [-0.15, -0.1) is 0 Å². The second kappa shape index (κ2) is 5.05. The summed E-state index contributed by atoms with van der Waals surface area (Å²) in [4.78, 5) is 7.00. The second-order valence-electron chi connectivity index (χ2n) is 5.20. The van der Waals surface area contributed by atoms with E-state index in [0.717, 1.165) is 35.4 Å². The van der Waals surface area contributed by atoms with Gasteiger partial charge in [0.2, 0.25) is 0 Å². The summed E-state index contributed by atoms with van der Waals surface area (Å²) < 4.78 is 0. The average molecular weight is 256 g/mol. The van der Waals surface area contributed by atoms with Crippen LogP contribution >= 0.6 is 0 Å². The molecule has 3 N–H and O–H groups in total. The molecule has 4 heteroatoms. The first-order valence-corrected chi connectivity index (χ1v) is 6.91. The molecule has 1 saturated heterocycles. The molecule has 4 nitrogen and oxygen atoms in total. The smallest absolute Gasteiger partial charge is 0.0727 e. The van der Waals surface area contributed by atoms with E-state index in [2.05, 4.69) is 33.5 Å². The third kappa shape index (κ3) is 2.36. The Morgan fingerprint density at radius 3 is 2.68 bits per heavy atom. The van der Waals surface area contributed by atoms with Crippen molar-refractivity contribution in [3.8, 4) is 0 Å². The van der Waals surface area contributed by atoms with E-state index in [0.29, 0.717) is 0 Å². The van der Waals surface area contributed by atoms with Crippen LogP contribution in [0.15, 0.2) is 24.3 Å². The molecule has 0 radical (unpaired) electrons. The minimum absolute atomic E-state index is 0.946. The fourth-order valence-corrected chi connectivity index (χ4v) is 2.81. The SMILES string of the molecule is Cc1cc(NN)c2cc(N3CCCCC3)ccc2n1. The van der Waals surface area contributed by atoms with E-state index in [1.165, 1.54) is 24.9 Å². The Hall–Kier alpha value is -1.81. The quantitative estimate of drug-likeness (QED) is 0.641. The summed E-state index contributed by atoms with van der Waals surface area (Å²) in [5.74, 6) is 5.62. The third-order valence-corrected chi connectivity index (χ3v) is 3.80. The first kappa shape index (κ1) is 12.2. The van der Waals surface area contributed by atoms with E-state index in [-0.39, 0.29) is 0 Å². The van der Waals surface area contributed by atoms with Crippen LogP contribution in [0, 0.1) is 6.92 Å². The second-order valence-corrected chi connectivity index (χ2v) is 5.20. The lowest BCUT2D eigenvalue weighted by molar-refractivity contribution is 0.578. The largest absolute Gasteiger partial charge is 0.372 e. The van der Waals surface area contributed by atoms with E-state index in [1.807, 2.05) is 13.0 Å². The van der Waals surface area contributed by atoms with Gasteiger partial charge in [-0.3, -0.25) is 10.8 Å². The van der Waals surface area contributed by atoms with Crippen molar-refractivity contribution in [3.05, 3.63) is 30.0 Å². The van der Waals surface area contributed by atoms with Gasteiger partial charge in [-0.1, -0.05) is 0 Å². The highest BCUT2D eigenvalue weighted by atomic mass is 15.2. The van der Waals surface area contributed by atoms with Crippen molar-refractivity contribution in [1.82, 2.24) is 4.98 Å². The van der Waals surface area contributed by atoms with Crippen LogP contribution in [0.2, 0.25) is 0 Å². The number of nitrogens with two attached hydrogens (primary N) is 1. The normalized spacial score (nSPS) is 15.8. The van der Waals surface area contributed by atoms with Gasteiger partial charge in [0.15, 0.2) is 0 Å². The van der Waals surface area contributed by atoms with Gasteiger partial charge in [-0.2, -0.15) is 0 Å². The highest BCUT2D eigenvalue weighted by Gasteiger charge is 2.12. The zero-order valence-corrected chi connectivity index (χ0v) is 11.3. The zero-order valence-electron chi connectivity index (χ0n) is 11.3. The molecule has 0 saturated carbocycles. The molecular weight excluding hydrogens is 236 g/mol. The molecule has 0 unspecified atom stereocenters. The lowest BCUT2D eigenvalue weighted by atomic mass is 10.1. The number of fused-ring (bicyclic) bond motifs is 1. The Morgan fingerprint density at radius 1 is 1.16 bits per heavy atom. The number of pyridine rings is 1. The van der Waals surface area contributed by atoms with Crippen molar-refractivity contribution >= 4 is 22.3 Å². The summed E-state index contributed by atoms with van der Waals surface area (Å²) in [7, 11) is 0. The number of benzene rings is 1. The summed E-state index contributed by atoms with van der Waals surface area (Å²) in [6.45, 7) is 4.28. The van der Waals surface area contributed by atoms with Crippen molar-refractivity contribution in [2.75, 3.05) is 23.4 Å². The van der Waals surface area contributed by atoms with Gasteiger partial charge >= 0.3 is 0 Å². The van der Waals surface area contributed by atoms with Crippen LogP contribution in [-0.2, 0) is 0 Å². The molecule has 0 amide bonds. The van der Waals surface area contributed by atoms with Crippen LogP contribution in [-0.4, -0.2) is 18.1 Å². The summed E-state index contributed by atoms with van der Waals surface area (Å²) in [5.41, 5.74) is 6.97. The van der Waals surface area contributed by atoms with Crippen molar-refractivity contribution in [2.24, 2.45) is 5.84 Å². The van der Waals surface area contributed by atoms with Crippen LogP contribution in [0.3, 0.4) is 0 Å². The number of nitrogens with one attached hydrogen (secondary N) is 1. The lowest BCUT2D eigenvalue weighted by Gasteiger charge is -2.29. The van der Waals surface area contributed by atoms with Crippen molar-refractivity contribution in [2.45, 2.75) is 26.2 Å². The molecule has 0 bridgehead atoms. The van der Waals surface area contributed by atoms with Crippen LogP contribution in [0.5, 0.6) is 0 Å². The molecule has 1 aliphatic heterocycles. The van der Waals surface area contributed by atoms with Crippen LogP contribution < -0.4 is 16.2 Å². The minimum atomic E-state index is 0.946. The van der Waals surface area contributed by atoms with Gasteiger partial charge in [0.05, 0.1) is 11.2 Å². The number of piperidine rings is 1. The van der Waals surface area contributed by atoms with Gasteiger partial charge in [0.1, 0.15) is 0 Å². The summed E-state index contributed by atoms with van der Waals surface area (Å²) in [6.07, 6.45) is 3.92. The number of anilines is 2. The fraction of sp³-hybridized carbons (Fsp3) is 0.400. The highest BCUT2D eigenvalue weighted by molar-refractivity contribution is 5.93. The van der Waals surface area contributed by atoms with E-state index in [9.17, 15) is 0 Å². The number of hydrogen-bond donors (Lipinski definition) is 2. The van der Waals surface area contributed by atoms with Crippen molar-refractivity contribution < 1.29 is 0 Å². The first-order chi connectivity index (χ1) is 9.28. The number of nitrogen functional groups attached to an aromatic ring is 1. The molecule has 1 aromatic heterocycles. The van der Waals surface area contributed by atoms with Gasteiger partial charge in [0.25, 0.3) is 0 Å². The van der Waals surface area contributed by atoms with Crippen molar-refractivity contribution in [1.29, 1.82) is 0 Å². The van der Waals surface area contributed by atoms with Gasteiger partial charge < -0.3 is 10.3 Å². The predicted molar refractivity (Wildman–Crippen MR) is 80.4 cm³/mol. The highest BCUT2D eigenvalue weighted by Crippen LogP contribution is 2.28. The van der Waals surface area contributed by atoms with E-state index in [1.54, 1.807) is 0 Å². The number of nitrogens with zero attached hydrogens (tertiary/aromatic N) is 2. The van der Waals surface area contributed by atoms with E-state index >= 15 is 0 Å². The summed E-state index contributed by atoms with van der Waals surface area (Å²) in [5, 5.41) is 1.09. The molecule has 1 aromatic carbocycles. The number of hydrazine groups is 1. The number of aryl methyl sites for hydroxylation is 1. The molecule has 0 aliphatic carbocycles. The minimum Gasteiger partial charge on any atom is -0.372 e. The van der Waals surface area contributed by atoms with Crippen LogP contribution in [0.25, 0.3) is 10.9 Å². The maximum absolute atomic E-state index is 5.62. The lowest BCUT2D eigenvalue weighted by Crippen LogP contribution is -2.29. The molecule has 19 heavy (non-hydrogen) atoms. The molecule has 100 valence electrons. The Balaban J connectivity index is 2.06. The Bertz CT molecular complexity index is 588. The first-order valence-electron chi connectivity index (χ1n) is 6.91. The summed E-state index contributed by atoms with van der Waals surface area (Å²) in [6, 6.07) is 8.44. The molecule has 1 aliphatic rings. The molecular formula is C15H20N4. The molecule has 2 heterocycles. The number of aromatic nitrogens is 1. The summed E-state index contributed by atoms with van der Waals surface area (Å²) >= 11 is 0. The molecule has 1 fully saturated rings. The molecule has 2 aromatic rings. The zero-order chi connectivity index (χ0) is 13.2. The number of hydrogen-bond acceptors (Lipinski definition) is 4. The third-order valence-electron chi connectivity index (χ3n) is 3.80. The average Bonchev–Trinajstić information content (AvgIpc) is 2.46. The monoisotopic (exact) mass is 256 g/mol. The predicted octanol–water partition coefficient (Wildman–Crippen LogP) is 2.82. The van der Waals surface area contributed by atoms with Gasteiger partial charge in [-0.05, 0) is 50.5 Å². The molecule has 3 rings (SSSR count). The maximum atomic E-state index is 5.62. The van der Waals surface area contributed by atoms with Crippen LogP contribution in [0.4, 0.5) is 11.4 Å². The molecule has 0 atom stereocenters. The van der Waals surface area contributed by atoms with Gasteiger partial charge in [0, 0.05) is 29.9 Å². The van der Waals surface area contributed by atoms with Crippen LogP contribution in [0.1, 0.15) is 25.0 Å². The Morgan fingerprint density at radius 2 is 1.95 bits per heavy atom. The Labute approximate surface area is 113 Å². The maximum Gasteiger partial charge on any atom is 0.0727 e. The van der Waals surface area contributed by atoms with E-state index in [4.69, 9.17) is 5.84 Å². The standard InChI is InChI=1S/C15H20N4/c1-11-9-15(18-16)13-10-12(5-6-14(13)17-11)19-7-3-2-4-8-19/h5-6,9-10H,2-4,7-8,16H2,1H3,(H,17,18). The Kier molecular flexibility index (Phi) is 3.25. The van der Waals surface area contributed by atoms with E-state index < -0.39 is 0 Å². The molecule has 0 spiro atoms.